The van der Waals surface area contributed by atoms with Gasteiger partial charge in [-0.15, -0.1) is 11.3 Å². The first-order valence-electron chi connectivity index (χ1n) is 7.08. The van der Waals surface area contributed by atoms with Gasteiger partial charge in [-0.2, -0.15) is 0 Å². The minimum absolute atomic E-state index is 0.550. The van der Waals surface area contributed by atoms with E-state index >= 15 is 0 Å². The summed E-state index contributed by atoms with van der Waals surface area (Å²) in [6.07, 6.45) is 0. The van der Waals surface area contributed by atoms with Crippen LogP contribution in [-0.4, -0.2) is 0 Å². The van der Waals surface area contributed by atoms with Crippen molar-refractivity contribution in [2.24, 2.45) is 0 Å². The van der Waals surface area contributed by atoms with Gasteiger partial charge in [-0.3, -0.25) is 0 Å². The van der Waals surface area contributed by atoms with E-state index in [2.05, 4.69) is 68.4 Å². The van der Waals surface area contributed by atoms with Crippen molar-refractivity contribution in [3.8, 4) is 0 Å². The largest absolute Gasteiger partial charge is 0.135 e. The van der Waals surface area contributed by atoms with Crippen LogP contribution >= 0.6 is 11.3 Å². The summed E-state index contributed by atoms with van der Waals surface area (Å²) in [6.45, 7) is 4.56. The van der Waals surface area contributed by atoms with Crippen molar-refractivity contribution < 1.29 is 0 Å². The van der Waals surface area contributed by atoms with Crippen molar-refractivity contribution in [1.82, 2.24) is 0 Å². The molecular formula is C19H16S. The van der Waals surface area contributed by atoms with Gasteiger partial charge in [-0.25, -0.2) is 0 Å². The second-order valence-electron chi connectivity index (χ2n) is 5.64. The topological polar surface area (TPSA) is 0 Å². The molecule has 3 aromatic carbocycles. The summed E-state index contributed by atoms with van der Waals surface area (Å²) in [7, 11) is 0. The monoisotopic (exact) mass is 276 g/mol. The van der Waals surface area contributed by atoms with E-state index in [1.807, 2.05) is 11.3 Å². The molecule has 0 radical (unpaired) electrons. The Kier molecular flexibility index (Phi) is 2.58. The van der Waals surface area contributed by atoms with Gasteiger partial charge in [0.05, 0.1) is 0 Å². The molecule has 0 nitrogen and oxygen atoms in total. The standard InChI is InChI=1S/C19H16S/c1-12(2)16-11-18-19(14-8-4-3-7-13(14)16)15-9-5-6-10-17(15)20-18/h3-12H,1-2H3. The zero-order valence-corrected chi connectivity index (χ0v) is 12.5. The molecule has 0 saturated carbocycles. The molecule has 0 aliphatic heterocycles. The molecule has 0 amide bonds. The van der Waals surface area contributed by atoms with Crippen LogP contribution in [0.4, 0.5) is 0 Å². The van der Waals surface area contributed by atoms with Gasteiger partial charge in [0, 0.05) is 20.2 Å². The summed E-state index contributed by atoms with van der Waals surface area (Å²) in [5.41, 5.74) is 1.46. The maximum Gasteiger partial charge on any atom is 0.0364 e. The fourth-order valence-electron chi connectivity index (χ4n) is 3.09. The lowest BCUT2D eigenvalue weighted by Gasteiger charge is -2.11. The minimum atomic E-state index is 0.550. The van der Waals surface area contributed by atoms with Crippen molar-refractivity contribution in [2.45, 2.75) is 19.8 Å². The number of hydrogen-bond donors (Lipinski definition) is 0. The molecular weight excluding hydrogens is 260 g/mol. The first kappa shape index (κ1) is 11.9. The van der Waals surface area contributed by atoms with Crippen LogP contribution in [0.2, 0.25) is 0 Å². The molecule has 0 spiro atoms. The molecule has 0 bridgehead atoms. The molecule has 1 heterocycles. The fourth-order valence-corrected chi connectivity index (χ4v) is 4.26. The molecule has 0 aliphatic rings. The molecule has 98 valence electrons. The molecule has 4 aromatic rings. The van der Waals surface area contributed by atoms with Crippen LogP contribution in [-0.2, 0) is 0 Å². The van der Waals surface area contributed by atoms with Gasteiger partial charge >= 0.3 is 0 Å². The summed E-state index contributed by atoms with van der Waals surface area (Å²) < 4.78 is 2.79. The third-order valence-corrected chi connectivity index (χ3v) is 5.16. The Morgan fingerprint density at radius 3 is 2.15 bits per heavy atom. The Balaban J connectivity index is 2.31. The van der Waals surface area contributed by atoms with Crippen LogP contribution in [0.5, 0.6) is 0 Å². The summed E-state index contributed by atoms with van der Waals surface area (Å²) in [6, 6.07) is 20.0. The maximum absolute atomic E-state index is 2.40. The quantitative estimate of drug-likeness (QED) is 0.381. The highest BCUT2D eigenvalue weighted by molar-refractivity contribution is 7.26. The zero-order valence-electron chi connectivity index (χ0n) is 11.7. The van der Waals surface area contributed by atoms with E-state index in [4.69, 9.17) is 0 Å². The summed E-state index contributed by atoms with van der Waals surface area (Å²) in [5, 5.41) is 5.61. The Bertz CT molecular complexity index is 928. The average Bonchev–Trinajstić information content (AvgIpc) is 2.84. The van der Waals surface area contributed by atoms with Gasteiger partial charge in [-0.05, 0) is 34.4 Å². The lowest BCUT2D eigenvalue weighted by Crippen LogP contribution is -1.89. The van der Waals surface area contributed by atoms with Crippen molar-refractivity contribution in [2.75, 3.05) is 0 Å². The summed E-state index contributed by atoms with van der Waals surface area (Å²) in [4.78, 5) is 0. The molecule has 0 unspecified atom stereocenters. The van der Waals surface area contributed by atoms with E-state index < -0.39 is 0 Å². The number of hydrogen-bond acceptors (Lipinski definition) is 1. The van der Waals surface area contributed by atoms with Crippen LogP contribution < -0.4 is 0 Å². The van der Waals surface area contributed by atoms with Gasteiger partial charge in [0.1, 0.15) is 0 Å². The smallest absolute Gasteiger partial charge is 0.0364 e. The molecule has 0 N–H and O–H groups in total. The van der Waals surface area contributed by atoms with Crippen LogP contribution in [0, 0.1) is 0 Å². The second kappa shape index (κ2) is 4.32. The van der Waals surface area contributed by atoms with Gasteiger partial charge in [-0.1, -0.05) is 56.3 Å². The molecule has 0 atom stereocenters. The highest BCUT2D eigenvalue weighted by Crippen LogP contribution is 2.41. The molecule has 0 aliphatic carbocycles. The summed E-state index contributed by atoms with van der Waals surface area (Å²) in [5.74, 6) is 0.550. The lowest BCUT2D eigenvalue weighted by atomic mass is 9.93. The second-order valence-corrected chi connectivity index (χ2v) is 6.72. The van der Waals surface area contributed by atoms with E-state index in [9.17, 15) is 0 Å². The first-order chi connectivity index (χ1) is 9.75. The molecule has 4 rings (SSSR count). The SMILES string of the molecule is CC(C)c1cc2sc3ccccc3c2c2ccccc12. The number of fused-ring (bicyclic) bond motifs is 5. The number of thiophene rings is 1. The van der Waals surface area contributed by atoms with Crippen molar-refractivity contribution in [1.29, 1.82) is 0 Å². The normalized spacial score (nSPS) is 11.9. The Morgan fingerprint density at radius 2 is 1.40 bits per heavy atom. The average molecular weight is 276 g/mol. The van der Waals surface area contributed by atoms with Crippen molar-refractivity contribution in [3.63, 3.8) is 0 Å². The maximum atomic E-state index is 2.40. The van der Waals surface area contributed by atoms with E-state index in [1.54, 1.807) is 0 Å². The van der Waals surface area contributed by atoms with E-state index in [-0.39, 0.29) is 0 Å². The molecule has 1 heteroatoms. The van der Waals surface area contributed by atoms with Crippen LogP contribution in [0.1, 0.15) is 25.3 Å². The van der Waals surface area contributed by atoms with Gasteiger partial charge in [0.15, 0.2) is 0 Å². The highest BCUT2D eigenvalue weighted by Gasteiger charge is 2.13. The first-order valence-corrected chi connectivity index (χ1v) is 7.90. The fraction of sp³-hybridized carbons (Fsp3) is 0.158. The molecule has 0 fully saturated rings. The van der Waals surface area contributed by atoms with Crippen LogP contribution in [0.25, 0.3) is 30.9 Å². The Morgan fingerprint density at radius 1 is 0.750 bits per heavy atom. The van der Waals surface area contributed by atoms with Gasteiger partial charge in [0.2, 0.25) is 0 Å². The third kappa shape index (κ3) is 1.60. The van der Waals surface area contributed by atoms with E-state index in [1.165, 1.54) is 36.5 Å². The Hall–Kier alpha value is -1.86. The van der Waals surface area contributed by atoms with Gasteiger partial charge < -0.3 is 0 Å². The molecule has 1 aromatic heterocycles. The minimum Gasteiger partial charge on any atom is -0.135 e. The highest BCUT2D eigenvalue weighted by atomic mass is 32.1. The Labute approximate surface area is 122 Å². The molecule has 20 heavy (non-hydrogen) atoms. The van der Waals surface area contributed by atoms with Gasteiger partial charge in [0.25, 0.3) is 0 Å². The number of rotatable bonds is 1. The lowest BCUT2D eigenvalue weighted by molar-refractivity contribution is 0.878. The van der Waals surface area contributed by atoms with Crippen molar-refractivity contribution in [3.05, 3.63) is 60.2 Å². The van der Waals surface area contributed by atoms with Crippen molar-refractivity contribution >= 4 is 42.3 Å². The number of benzene rings is 3. The predicted molar refractivity (Wildman–Crippen MR) is 90.9 cm³/mol. The third-order valence-electron chi connectivity index (χ3n) is 4.04. The summed E-state index contributed by atoms with van der Waals surface area (Å²) >= 11 is 1.91. The predicted octanol–water partition coefficient (Wildman–Crippen LogP) is 6.33. The van der Waals surface area contributed by atoms with E-state index in [0.29, 0.717) is 5.92 Å². The molecule has 0 saturated heterocycles. The zero-order chi connectivity index (χ0) is 13.7. The van der Waals surface area contributed by atoms with Crippen LogP contribution in [0.15, 0.2) is 54.6 Å². The van der Waals surface area contributed by atoms with Crippen LogP contribution in [0.3, 0.4) is 0 Å². The van der Waals surface area contributed by atoms with E-state index in [0.717, 1.165) is 0 Å².